The minimum absolute atomic E-state index is 0.0172. The lowest BCUT2D eigenvalue weighted by molar-refractivity contribution is -0.122. The van der Waals surface area contributed by atoms with Crippen LogP contribution in [0.5, 0.6) is 0 Å². The van der Waals surface area contributed by atoms with Crippen molar-refractivity contribution < 1.29 is 19.2 Å². The first-order valence-electron chi connectivity index (χ1n) is 10.6. The number of hydrogen-bond donors (Lipinski definition) is 1. The number of halogens is 2. The van der Waals surface area contributed by atoms with Crippen LogP contribution in [-0.4, -0.2) is 81.6 Å². The highest BCUT2D eigenvalue weighted by Gasteiger charge is 2.43. The number of nitrogens with one attached hydrogen (secondary N) is 1. The maximum absolute atomic E-state index is 13.0. The van der Waals surface area contributed by atoms with Gasteiger partial charge in [-0.15, -0.1) is 10.2 Å². The lowest BCUT2D eigenvalue weighted by Crippen LogP contribution is -2.58. The number of benzene rings is 1. The van der Waals surface area contributed by atoms with Crippen molar-refractivity contribution in [1.29, 1.82) is 0 Å². The second kappa shape index (κ2) is 8.82. The molecule has 34 heavy (non-hydrogen) atoms. The first kappa shape index (κ1) is 22.5. The van der Waals surface area contributed by atoms with Crippen LogP contribution < -0.4 is 10.2 Å². The van der Waals surface area contributed by atoms with Crippen molar-refractivity contribution in [3.63, 3.8) is 0 Å². The third-order valence-electron chi connectivity index (χ3n) is 6.02. The minimum atomic E-state index is -0.783. The zero-order chi connectivity index (χ0) is 24.0. The smallest absolute Gasteiger partial charge is 0.343 e. The molecule has 3 aliphatic heterocycles. The molecule has 0 bridgehead atoms. The number of nitrogens with zero attached hydrogens (tertiary/aromatic N) is 6. The Kier molecular flexibility index (Phi) is 5.84. The molecule has 4 heterocycles. The quantitative estimate of drug-likeness (QED) is 0.624. The number of amides is 5. The number of piperazine rings is 1. The van der Waals surface area contributed by atoms with E-state index in [1.165, 1.54) is 0 Å². The molecule has 1 aromatic heterocycles. The zero-order valence-electron chi connectivity index (χ0n) is 17.8. The number of fused-ring (bicyclic) bond motifs is 1. The number of carbonyl (C=O) groups excluding carboxylic acids is 4. The third kappa shape index (κ3) is 4.06. The van der Waals surface area contributed by atoms with Crippen LogP contribution in [0.15, 0.2) is 24.3 Å². The van der Waals surface area contributed by atoms with E-state index in [9.17, 15) is 19.2 Å². The highest BCUT2D eigenvalue weighted by molar-refractivity contribution is 6.33. The Labute approximate surface area is 204 Å². The second-order valence-electron chi connectivity index (χ2n) is 8.13. The SMILES string of the molecule is O=C1CCN(N2C(=O)c3ccc(CN4CCN(c5cc(Cl)nnc5Cl)CC4)cc3C2=O)C(=O)N1. The Morgan fingerprint density at radius 3 is 2.35 bits per heavy atom. The molecule has 0 radical (unpaired) electrons. The van der Waals surface area contributed by atoms with E-state index in [1.807, 2.05) is 6.07 Å². The average molecular weight is 504 g/mol. The molecule has 176 valence electrons. The summed E-state index contributed by atoms with van der Waals surface area (Å²) >= 11 is 12.1. The summed E-state index contributed by atoms with van der Waals surface area (Å²) in [6.45, 7) is 3.46. The molecule has 11 nitrogen and oxygen atoms in total. The number of anilines is 1. The fourth-order valence-electron chi connectivity index (χ4n) is 4.31. The summed E-state index contributed by atoms with van der Waals surface area (Å²) in [5.41, 5.74) is 2.10. The lowest BCUT2D eigenvalue weighted by Gasteiger charge is -2.36. The van der Waals surface area contributed by atoms with Crippen molar-refractivity contribution in [2.75, 3.05) is 37.6 Å². The van der Waals surface area contributed by atoms with Crippen LogP contribution >= 0.6 is 23.2 Å². The summed E-state index contributed by atoms with van der Waals surface area (Å²) in [4.78, 5) is 53.7. The van der Waals surface area contributed by atoms with Crippen molar-refractivity contribution in [3.05, 3.63) is 51.3 Å². The van der Waals surface area contributed by atoms with Crippen LogP contribution in [0.4, 0.5) is 10.5 Å². The predicted octanol–water partition coefficient (Wildman–Crippen LogP) is 1.56. The van der Waals surface area contributed by atoms with Gasteiger partial charge in [0.25, 0.3) is 11.8 Å². The van der Waals surface area contributed by atoms with Gasteiger partial charge < -0.3 is 4.90 Å². The number of hydrogen-bond acceptors (Lipinski definition) is 8. The number of aromatic nitrogens is 2. The van der Waals surface area contributed by atoms with Gasteiger partial charge in [0.2, 0.25) is 5.91 Å². The summed E-state index contributed by atoms with van der Waals surface area (Å²) in [7, 11) is 0. The van der Waals surface area contributed by atoms with E-state index in [4.69, 9.17) is 23.2 Å². The summed E-state index contributed by atoms with van der Waals surface area (Å²) in [5, 5.41) is 12.1. The summed E-state index contributed by atoms with van der Waals surface area (Å²) in [6, 6.07) is 6.02. The Balaban J connectivity index is 1.26. The molecule has 2 aromatic rings. The van der Waals surface area contributed by atoms with Crippen molar-refractivity contribution in [2.45, 2.75) is 13.0 Å². The molecule has 0 unspecified atom stereocenters. The zero-order valence-corrected chi connectivity index (χ0v) is 19.3. The molecule has 0 aliphatic carbocycles. The molecule has 0 saturated carbocycles. The Bertz CT molecular complexity index is 1220. The van der Waals surface area contributed by atoms with Crippen molar-refractivity contribution in [3.8, 4) is 0 Å². The fraction of sp³-hybridized carbons (Fsp3) is 0.333. The van der Waals surface area contributed by atoms with E-state index < -0.39 is 23.8 Å². The van der Waals surface area contributed by atoms with E-state index in [0.29, 0.717) is 24.8 Å². The predicted molar refractivity (Wildman–Crippen MR) is 121 cm³/mol. The molecule has 3 aliphatic rings. The van der Waals surface area contributed by atoms with Gasteiger partial charge in [-0.3, -0.25) is 24.6 Å². The molecule has 5 rings (SSSR count). The van der Waals surface area contributed by atoms with Gasteiger partial charge in [-0.05, 0) is 17.7 Å². The largest absolute Gasteiger partial charge is 0.366 e. The average Bonchev–Trinajstić information content (AvgIpc) is 3.06. The highest BCUT2D eigenvalue weighted by Crippen LogP contribution is 2.28. The summed E-state index contributed by atoms with van der Waals surface area (Å²) < 4.78 is 0. The van der Waals surface area contributed by atoms with Crippen LogP contribution in [0.3, 0.4) is 0 Å². The number of imide groups is 2. The minimum Gasteiger partial charge on any atom is -0.366 e. The van der Waals surface area contributed by atoms with Crippen molar-refractivity contribution in [2.24, 2.45) is 0 Å². The van der Waals surface area contributed by atoms with Gasteiger partial charge >= 0.3 is 6.03 Å². The molecule has 0 spiro atoms. The Morgan fingerprint density at radius 1 is 0.882 bits per heavy atom. The van der Waals surface area contributed by atoms with E-state index in [2.05, 4.69) is 25.3 Å². The molecule has 13 heteroatoms. The van der Waals surface area contributed by atoms with Gasteiger partial charge in [-0.2, -0.15) is 5.01 Å². The molecule has 5 amide bonds. The standard InChI is InChI=1S/C21H19Cl2N7O4/c22-16-10-15(18(23)26-25-16)28-7-5-27(6-8-28)11-12-1-2-13-14(9-12)20(33)30(19(13)32)29-4-3-17(31)24-21(29)34/h1-2,9-10H,3-8,11H2,(H,24,31,34). The first-order valence-corrected chi connectivity index (χ1v) is 11.4. The van der Waals surface area contributed by atoms with Crippen LogP contribution in [-0.2, 0) is 11.3 Å². The molecular weight excluding hydrogens is 485 g/mol. The Morgan fingerprint density at radius 2 is 1.62 bits per heavy atom. The molecule has 2 fully saturated rings. The first-order chi connectivity index (χ1) is 16.3. The normalized spacial score (nSPS) is 19.1. The van der Waals surface area contributed by atoms with Gasteiger partial charge in [-0.25, -0.2) is 9.80 Å². The van der Waals surface area contributed by atoms with Crippen LogP contribution in [0.2, 0.25) is 10.3 Å². The van der Waals surface area contributed by atoms with Gasteiger partial charge in [-0.1, -0.05) is 29.3 Å². The molecular formula is C21H19Cl2N7O4. The number of hydrazine groups is 1. The fourth-order valence-corrected chi connectivity index (χ4v) is 4.66. The maximum atomic E-state index is 13.0. The maximum Gasteiger partial charge on any atom is 0.343 e. The topological polar surface area (TPSA) is 119 Å². The summed E-state index contributed by atoms with van der Waals surface area (Å²) in [6.07, 6.45) is 0.0172. The van der Waals surface area contributed by atoms with Crippen LogP contribution in [0, 0.1) is 0 Å². The van der Waals surface area contributed by atoms with E-state index in [-0.39, 0.29) is 29.2 Å². The molecule has 1 N–H and O–H groups in total. The van der Waals surface area contributed by atoms with Crippen molar-refractivity contribution >= 4 is 52.6 Å². The van der Waals surface area contributed by atoms with E-state index in [0.717, 1.165) is 34.4 Å². The summed E-state index contributed by atoms with van der Waals surface area (Å²) in [5.74, 6) is -1.59. The van der Waals surface area contributed by atoms with Crippen molar-refractivity contribution in [1.82, 2.24) is 30.4 Å². The second-order valence-corrected chi connectivity index (χ2v) is 8.88. The third-order valence-corrected chi connectivity index (χ3v) is 6.48. The molecule has 0 atom stereocenters. The molecule has 2 saturated heterocycles. The van der Waals surface area contributed by atoms with Gasteiger partial charge in [0.15, 0.2) is 10.3 Å². The lowest BCUT2D eigenvalue weighted by atomic mass is 10.1. The van der Waals surface area contributed by atoms with Crippen LogP contribution in [0.1, 0.15) is 32.7 Å². The number of carbonyl (C=O) groups is 4. The van der Waals surface area contributed by atoms with Gasteiger partial charge in [0.1, 0.15) is 0 Å². The van der Waals surface area contributed by atoms with Gasteiger partial charge in [0, 0.05) is 45.2 Å². The highest BCUT2D eigenvalue weighted by atomic mass is 35.5. The Hall–Kier alpha value is -3.28. The van der Waals surface area contributed by atoms with E-state index in [1.54, 1.807) is 18.2 Å². The number of urea groups is 1. The monoisotopic (exact) mass is 503 g/mol. The number of rotatable bonds is 4. The van der Waals surface area contributed by atoms with E-state index >= 15 is 0 Å². The van der Waals surface area contributed by atoms with Crippen LogP contribution in [0.25, 0.3) is 0 Å². The van der Waals surface area contributed by atoms with Gasteiger partial charge in [0.05, 0.1) is 23.4 Å². The molecule has 1 aromatic carbocycles.